The van der Waals surface area contributed by atoms with E-state index in [1.54, 1.807) is 13.0 Å². The molecular weight excluding hydrogens is 204 g/mol. The van der Waals surface area contributed by atoms with Crippen molar-refractivity contribution in [2.45, 2.75) is 34.6 Å². The molecule has 1 aliphatic rings. The number of rotatable bonds is 0. The molecule has 0 saturated heterocycles. The maximum absolute atomic E-state index is 11.1. The second-order valence-corrected chi connectivity index (χ2v) is 2.85. The Morgan fingerprint density at radius 3 is 2.31 bits per heavy atom. The minimum Gasteiger partial charge on any atom is -0.508 e. The van der Waals surface area contributed by atoms with Crippen molar-refractivity contribution in [3.05, 3.63) is 23.3 Å². The third-order valence-electron chi connectivity index (χ3n) is 1.91. The van der Waals surface area contributed by atoms with Crippen LogP contribution in [0.2, 0.25) is 0 Å². The average Bonchev–Trinajstić information content (AvgIpc) is 2.67. The van der Waals surface area contributed by atoms with Crippen LogP contribution in [0.4, 0.5) is 0 Å². The number of hydrogen-bond acceptors (Lipinski definition) is 3. The highest BCUT2D eigenvalue weighted by molar-refractivity contribution is 6.03. The Morgan fingerprint density at radius 1 is 1.19 bits per heavy atom. The number of phenols is 1. The van der Waals surface area contributed by atoms with Gasteiger partial charge in [0.05, 0.1) is 5.56 Å². The molecule has 3 heteroatoms. The van der Waals surface area contributed by atoms with Crippen LogP contribution >= 0.6 is 0 Å². The van der Waals surface area contributed by atoms with Crippen LogP contribution in [0, 0.1) is 6.92 Å². The molecule has 0 spiro atoms. The maximum atomic E-state index is 11.1. The quantitative estimate of drug-likeness (QED) is 0.735. The Hall–Kier alpha value is -1.51. The van der Waals surface area contributed by atoms with Crippen LogP contribution in [-0.2, 0) is 0 Å². The van der Waals surface area contributed by atoms with E-state index in [9.17, 15) is 9.90 Å². The summed E-state index contributed by atoms with van der Waals surface area (Å²) < 4.78 is 5.14. The number of aromatic hydroxyl groups is 1. The Morgan fingerprint density at radius 2 is 1.75 bits per heavy atom. The zero-order valence-electron chi connectivity index (χ0n) is 10.6. The van der Waals surface area contributed by atoms with Crippen molar-refractivity contribution in [2.75, 3.05) is 6.61 Å². The van der Waals surface area contributed by atoms with Crippen LogP contribution in [-0.4, -0.2) is 17.5 Å². The summed E-state index contributed by atoms with van der Waals surface area (Å²) in [6, 6.07) is 3.02. The second kappa shape index (κ2) is 6.88. The van der Waals surface area contributed by atoms with Gasteiger partial charge in [0, 0.05) is 0 Å². The summed E-state index contributed by atoms with van der Waals surface area (Å²) in [6.45, 7) is 9.90. The Labute approximate surface area is 97.1 Å². The molecule has 1 N–H and O–H groups in total. The molecule has 1 aromatic rings. The molecule has 0 bridgehead atoms. The van der Waals surface area contributed by atoms with Gasteiger partial charge in [0.25, 0.3) is 0 Å². The van der Waals surface area contributed by atoms with Crippen molar-refractivity contribution in [1.82, 2.24) is 0 Å². The van der Waals surface area contributed by atoms with Crippen LogP contribution in [0.15, 0.2) is 12.1 Å². The molecule has 1 aliphatic heterocycles. The molecule has 0 radical (unpaired) electrons. The standard InChI is InChI=1S/C9H8O3.2C2H6/c1-5-2-6(10)3-7-8(11)4-12-9(5)7;2*1-2/h2-3,10H,4H2,1H3;2*1-2H3. The zero-order valence-corrected chi connectivity index (χ0v) is 10.6. The monoisotopic (exact) mass is 224 g/mol. The van der Waals surface area contributed by atoms with Gasteiger partial charge in [-0.15, -0.1) is 0 Å². The number of hydrogen-bond donors (Lipinski definition) is 1. The number of carbonyl (C=O) groups is 1. The highest BCUT2D eigenvalue weighted by Gasteiger charge is 2.23. The molecule has 1 heterocycles. The Bertz CT molecular complexity index is 356. The summed E-state index contributed by atoms with van der Waals surface area (Å²) in [7, 11) is 0. The fraction of sp³-hybridized carbons (Fsp3) is 0.462. The van der Waals surface area contributed by atoms with Crippen molar-refractivity contribution >= 4 is 5.78 Å². The summed E-state index contributed by atoms with van der Waals surface area (Å²) in [5, 5.41) is 9.19. The summed E-state index contributed by atoms with van der Waals surface area (Å²) >= 11 is 0. The van der Waals surface area contributed by atoms with E-state index >= 15 is 0 Å². The van der Waals surface area contributed by atoms with Crippen molar-refractivity contribution < 1.29 is 14.6 Å². The first-order valence-electron chi connectivity index (χ1n) is 5.68. The normalized spacial score (nSPS) is 11.4. The van der Waals surface area contributed by atoms with E-state index in [0.717, 1.165) is 5.56 Å². The number of benzene rings is 1. The lowest BCUT2D eigenvalue weighted by molar-refractivity contribution is 0.0961. The second-order valence-electron chi connectivity index (χ2n) is 2.85. The number of ketones is 1. The maximum Gasteiger partial charge on any atom is 0.204 e. The average molecular weight is 224 g/mol. The number of Topliss-reactive ketones (excluding diaryl/α,β-unsaturated/α-hetero) is 1. The molecule has 0 unspecified atom stereocenters. The van der Waals surface area contributed by atoms with Gasteiger partial charge in [-0.25, -0.2) is 0 Å². The number of phenolic OH excluding ortho intramolecular Hbond substituents is 1. The van der Waals surface area contributed by atoms with Crippen LogP contribution in [0.5, 0.6) is 11.5 Å². The highest BCUT2D eigenvalue weighted by Crippen LogP contribution is 2.32. The third-order valence-corrected chi connectivity index (χ3v) is 1.91. The topological polar surface area (TPSA) is 46.5 Å². The molecule has 0 saturated carbocycles. The van der Waals surface area contributed by atoms with Gasteiger partial charge in [0.15, 0.2) is 6.61 Å². The Kier molecular flexibility index (Phi) is 6.23. The molecule has 90 valence electrons. The summed E-state index contributed by atoms with van der Waals surface area (Å²) in [6.07, 6.45) is 0. The molecular formula is C13H20O3. The van der Waals surface area contributed by atoms with Gasteiger partial charge in [-0.05, 0) is 24.6 Å². The number of ether oxygens (including phenoxy) is 1. The zero-order chi connectivity index (χ0) is 12.7. The first-order chi connectivity index (χ1) is 7.68. The molecule has 1 aromatic carbocycles. The smallest absolute Gasteiger partial charge is 0.204 e. The molecule has 0 aromatic heterocycles. The molecule has 0 fully saturated rings. The van der Waals surface area contributed by atoms with E-state index in [2.05, 4.69) is 0 Å². The summed E-state index contributed by atoms with van der Waals surface area (Å²) in [5.74, 6) is 0.659. The lowest BCUT2D eigenvalue weighted by Gasteiger charge is -2.01. The van der Waals surface area contributed by atoms with Crippen molar-refractivity contribution in [3.63, 3.8) is 0 Å². The largest absolute Gasteiger partial charge is 0.508 e. The van der Waals surface area contributed by atoms with Gasteiger partial charge in [0.1, 0.15) is 11.5 Å². The SMILES string of the molecule is CC.CC.Cc1cc(O)cc2c1OCC2=O. The molecule has 16 heavy (non-hydrogen) atoms. The lowest BCUT2D eigenvalue weighted by Crippen LogP contribution is -1.98. The van der Waals surface area contributed by atoms with Gasteiger partial charge in [-0.2, -0.15) is 0 Å². The predicted octanol–water partition coefficient (Wildman–Crippen LogP) is 3.33. The van der Waals surface area contributed by atoms with Gasteiger partial charge in [0.2, 0.25) is 5.78 Å². The highest BCUT2D eigenvalue weighted by atomic mass is 16.5. The fourth-order valence-electron chi connectivity index (χ4n) is 1.37. The lowest BCUT2D eigenvalue weighted by atomic mass is 10.1. The minimum atomic E-state index is -0.0657. The third kappa shape index (κ3) is 2.99. The first kappa shape index (κ1) is 14.5. The molecule has 2 rings (SSSR count). The minimum absolute atomic E-state index is 0.0657. The van der Waals surface area contributed by atoms with E-state index in [0.29, 0.717) is 11.3 Å². The molecule has 0 amide bonds. The molecule has 0 aliphatic carbocycles. The van der Waals surface area contributed by atoms with E-state index in [1.807, 2.05) is 27.7 Å². The summed E-state index contributed by atoms with van der Waals surface area (Å²) in [4.78, 5) is 11.1. The molecule has 3 nitrogen and oxygen atoms in total. The first-order valence-corrected chi connectivity index (χ1v) is 5.68. The van der Waals surface area contributed by atoms with Crippen LogP contribution in [0.1, 0.15) is 43.6 Å². The van der Waals surface area contributed by atoms with Crippen molar-refractivity contribution in [2.24, 2.45) is 0 Å². The van der Waals surface area contributed by atoms with Crippen LogP contribution < -0.4 is 4.74 Å². The van der Waals surface area contributed by atoms with E-state index < -0.39 is 0 Å². The van der Waals surface area contributed by atoms with E-state index in [-0.39, 0.29) is 18.1 Å². The van der Waals surface area contributed by atoms with Crippen LogP contribution in [0.3, 0.4) is 0 Å². The van der Waals surface area contributed by atoms with E-state index in [4.69, 9.17) is 4.74 Å². The number of aryl methyl sites for hydroxylation is 1. The number of fused-ring (bicyclic) bond motifs is 1. The fourth-order valence-corrected chi connectivity index (χ4v) is 1.37. The van der Waals surface area contributed by atoms with E-state index in [1.165, 1.54) is 6.07 Å². The predicted molar refractivity (Wildman–Crippen MR) is 65.4 cm³/mol. The molecule has 0 atom stereocenters. The summed E-state index contributed by atoms with van der Waals surface area (Å²) in [5.41, 5.74) is 1.29. The van der Waals surface area contributed by atoms with Crippen LogP contribution in [0.25, 0.3) is 0 Å². The van der Waals surface area contributed by atoms with Gasteiger partial charge >= 0.3 is 0 Å². The van der Waals surface area contributed by atoms with Gasteiger partial charge in [-0.3, -0.25) is 4.79 Å². The number of carbonyl (C=O) groups excluding carboxylic acids is 1. The van der Waals surface area contributed by atoms with Crippen molar-refractivity contribution in [1.29, 1.82) is 0 Å². The Balaban J connectivity index is 0.000000509. The van der Waals surface area contributed by atoms with Crippen molar-refractivity contribution in [3.8, 4) is 11.5 Å². The van der Waals surface area contributed by atoms with Gasteiger partial charge < -0.3 is 9.84 Å². The van der Waals surface area contributed by atoms with Gasteiger partial charge in [-0.1, -0.05) is 27.7 Å².